The molecule has 0 aliphatic rings. The van der Waals surface area contributed by atoms with Crippen molar-refractivity contribution in [3.8, 4) is 0 Å². The Bertz CT molecular complexity index is 421. The molecule has 1 N–H and O–H groups in total. The van der Waals surface area contributed by atoms with Gasteiger partial charge in [-0.05, 0) is 20.8 Å². The van der Waals surface area contributed by atoms with Gasteiger partial charge in [0.05, 0.1) is 5.69 Å². The summed E-state index contributed by atoms with van der Waals surface area (Å²) in [7, 11) is 1.49. The first-order valence-electron chi connectivity index (χ1n) is 4.72. The van der Waals surface area contributed by atoms with Crippen molar-refractivity contribution in [2.24, 2.45) is 0 Å². The molecule has 0 saturated carbocycles. The van der Waals surface area contributed by atoms with Crippen LogP contribution in [0.3, 0.4) is 0 Å². The Hall–Kier alpha value is -1.72. The number of anilines is 1. The molecule has 1 aromatic heterocycles. The first kappa shape index (κ1) is 12.4. The molecule has 16 heavy (non-hydrogen) atoms. The second-order valence-corrected chi connectivity index (χ2v) is 4.02. The Morgan fingerprint density at radius 2 is 2.06 bits per heavy atom. The lowest BCUT2D eigenvalue weighted by molar-refractivity contribution is -0.142. The molecule has 0 spiro atoms. The van der Waals surface area contributed by atoms with E-state index in [9.17, 15) is 9.18 Å². The topological polar surface area (TPSA) is 66.3 Å². The van der Waals surface area contributed by atoms with Gasteiger partial charge in [0.2, 0.25) is 0 Å². The molecule has 0 saturated heterocycles. The van der Waals surface area contributed by atoms with Crippen molar-refractivity contribution in [1.29, 1.82) is 0 Å². The molecule has 0 bridgehead atoms. The lowest BCUT2D eigenvalue weighted by atomic mass is 10.0. The highest BCUT2D eigenvalue weighted by atomic mass is 19.1. The fourth-order valence-corrected chi connectivity index (χ4v) is 1.09. The number of aliphatic carboxylic acids is 1. The SMILES string of the molecule is Cc1ncnc(N(C)C(C)(C)C(=O)O)c1F. The van der Waals surface area contributed by atoms with Crippen LogP contribution >= 0.6 is 0 Å². The van der Waals surface area contributed by atoms with Crippen molar-refractivity contribution in [1.82, 2.24) is 9.97 Å². The maximum Gasteiger partial charge on any atom is 0.328 e. The molecular weight excluding hydrogens is 213 g/mol. The van der Waals surface area contributed by atoms with Gasteiger partial charge in [-0.1, -0.05) is 0 Å². The molecule has 0 fully saturated rings. The number of likely N-dealkylation sites (N-methyl/N-ethyl adjacent to an activating group) is 1. The zero-order valence-corrected chi connectivity index (χ0v) is 9.65. The third kappa shape index (κ3) is 1.95. The van der Waals surface area contributed by atoms with Gasteiger partial charge < -0.3 is 10.0 Å². The van der Waals surface area contributed by atoms with E-state index in [-0.39, 0.29) is 11.5 Å². The fourth-order valence-electron chi connectivity index (χ4n) is 1.09. The van der Waals surface area contributed by atoms with Crippen LogP contribution in [0.15, 0.2) is 6.33 Å². The molecule has 1 rings (SSSR count). The first-order chi connectivity index (χ1) is 7.28. The van der Waals surface area contributed by atoms with Gasteiger partial charge in [0.15, 0.2) is 11.6 Å². The van der Waals surface area contributed by atoms with Crippen LogP contribution in [0, 0.1) is 12.7 Å². The van der Waals surface area contributed by atoms with Gasteiger partial charge in [-0.25, -0.2) is 19.2 Å². The molecule has 0 unspecified atom stereocenters. The summed E-state index contributed by atoms with van der Waals surface area (Å²) in [6.45, 7) is 4.46. The van der Waals surface area contributed by atoms with Crippen molar-refractivity contribution >= 4 is 11.8 Å². The van der Waals surface area contributed by atoms with Crippen LogP contribution < -0.4 is 4.90 Å². The number of aryl methyl sites for hydroxylation is 1. The average Bonchev–Trinajstić information content (AvgIpc) is 2.21. The summed E-state index contributed by atoms with van der Waals surface area (Å²) in [5.41, 5.74) is -1.04. The molecular formula is C10H14FN3O2. The smallest absolute Gasteiger partial charge is 0.328 e. The van der Waals surface area contributed by atoms with E-state index >= 15 is 0 Å². The van der Waals surface area contributed by atoms with Gasteiger partial charge in [0, 0.05) is 7.05 Å². The number of aromatic nitrogens is 2. The summed E-state index contributed by atoms with van der Waals surface area (Å²) in [4.78, 5) is 19.8. The van der Waals surface area contributed by atoms with Gasteiger partial charge in [0.25, 0.3) is 0 Å². The molecule has 6 heteroatoms. The van der Waals surface area contributed by atoms with E-state index in [4.69, 9.17) is 5.11 Å². The lowest BCUT2D eigenvalue weighted by Crippen LogP contribution is -2.49. The minimum absolute atomic E-state index is 0.0140. The largest absolute Gasteiger partial charge is 0.480 e. The first-order valence-corrected chi connectivity index (χ1v) is 4.72. The van der Waals surface area contributed by atoms with Crippen LogP contribution in [0.25, 0.3) is 0 Å². The van der Waals surface area contributed by atoms with E-state index in [1.165, 1.54) is 39.0 Å². The number of rotatable bonds is 3. The summed E-state index contributed by atoms with van der Waals surface area (Å²) in [6, 6.07) is 0. The molecule has 0 amide bonds. The van der Waals surface area contributed by atoms with E-state index in [2.05, 4.69) is 9.97 Å². The van der Waals surface area contributed by atoms with Crippen LogP contribution in [0.4, 0.5) is 10.2 Å². The Kier molecular flexibility index (Phi) is 3.11. The molecule has 1 aromatic rings. The number of carboxylic acid groups (broad SMARTS) is 1. The molecule has 0 aliphatic heterocycles. The molecule has 88 valence electrons. The third-order valence-electron chi connectivity index (χ3n) is 2.62. The van der Waals surface area contributed by atoms with Gasteiger partial charge in [-0.2, -0.15) is 0 Å². The summed E-state index contributed by atoms with van der Waals surface area (Å²) >= 11 is 0. The summed E-state index contributed by atoms with van der Waals surface area (Å²) < 4.78 is 13.7. The predicted molar refractivity (Wildman–Crippen MR) is 56.8 cm³/mol. The van der Waals surface area contributed by atoms with Crippen LogP contribution in [0.5, 0.6) is 0 Å². The van der Waals surface area contributed by atoms with E-state index < -0.39 is 17.3 Å². The fraction of sp³-hybridized carbons (Fsp3) is 0.500. The highest BCUT2D eigenvalue weighted by Crippen LogP contribution is 2.23. The van der Waals surface area contributed by atoms with Crippen molar-refractivity contribution < 1.29 is 14.3 Å². The highest BCUT2D eigenvalue weighted by molar-refractivity contribution is 5.82. The van der Waals surface area contributed by atoms with Crippen molar-refractivity contribution in [3.05, 3.63) is 17.8 Å². The van der Waals surface area contributed by atoms with Crippen LogP contribution in [0.2, 0.25) is 0 Å². The number of hydrogen-bond acceptors (Lipinski definition) is 4. The highest BCUT2D eigenvalue weighted by Gasteiger charge is 2.34. The van der Waals surface area contributed by atoms with Crippen LogP contribution in [0.1, 0.15) is 19.5 Å². The van der Waals surface area contributed by atoms with E-state index in [1.54, 1.807) is 0 Å². The molecule has 5 nitrogen and oxygen atoms in total. The Morgan fingerprint density at radius 3 is 2.56 bits per heavy atom. The van der Waals surface area contributed by atoms with E-state index in [0.717, 1.165) is 0 Å². The van der Waals surface area contributed by atoms with Crippen molar-refractivity contribution in [2.75, 3.05) is 11.9 Å². The minimum atomic E-state index is -1.23. The van der Waals surface area contributed by atoms with Crippen LogP contribution in [-0.4, -0.2) is 33.6 Å². The minimum Gasteiger partial charge on any atom is -0.480 e. The zero-order chi connectivity index (χ0) is 12.5. The summed E-state index contributed by atoms with van der Waals surface area (Å²) in [5, 5.41) is 9.03. The lowest BCUT2D eigenvalue weighted by Gasteiger charge is -2.32. The van der Waals surface area contributed by atoms with Gasteiger partial charge >= 0.3 is 5.97 Å². The number of halogens is 1. The quantitative estimate of drug-likeness (QED) is 0.841. The maximum absolute atomic E-state index is 13.7. The van der Waals surface area contributed by atoms with E-state index in [1.807, 2.05) is 0 Å². The standard InChI is InChI=1S/C10H14FN3O2/c1-6-7(11)8(13-5-12-6)14(4)10(2,3)9(15)16/h5H,1-4H3,(H,15,16). The Balaban J connectivity index is 3.20. The van der Waals surface area contributed by atoms with E-state index in [0.29, 0.717) is 0 Å². The molecule has 1 heterocycles. The average molecular weight is 227 g/mol. The molecule has 0 aromatic carbocycles. The normalized spacial score (nSPS) is 11.3. The van der Waals surface area contributed by atoms with Gasteiger partial charge in [-0.15, -0.1) is 0 Å². The molecule has 0 aliphatic carbocycles. The second-order valence-electron chi connectivity index (χ2n) is 4.02. The number of carbonyl (C=O) groups is 1. The maximum atomic E-state index is 13.7. The summed E-state index contributed by atoms with van der Waals surface area (Å²) in [5.74, 6) is -1.66. The van der Waals surface area contributed by atoms with Gasteiger partial charge in [0.1, 0.15) is 11.9 Å². The zero-order valence-electron chi connectivity index (χ0n) is 9.65. The van der Waals surface area contributed by atoms with Gasteiger partial charge in [-0.3, -0.25) is 0 Å². The van der Waals surface area contributed by atoms with Crippen molar-refractivity contribution in [2.45, 2.75) is 26.3 Å². The number of hydrogen-bond donors (Lipinski definition) is 1. The summed E-state index contributed by atoms with van der Waals surface area (Å²) in [6.07, 6.45) is 1.21. The Labute approximate surface area is 92.9 Å². The van der Waals surface area contributed by atoms with Crippen molar-refractivity contribution in [3.63, 3.8) is 0 Å². The number of carboxylic acids is 1. The van der Waals surface area contributed by atoms with Crippen LogP contribution in [-0.2, 0) is 4.79 Å². The third-order valence-corrected chi connectivity index (χ3v) is 2.62. The Morgan fingerprint density at radius 1 is 1.50 bits per heavy atom. The number of nitrogens with zero attached hydrogens (tertiary/aromatic N) is 3. The second kappa shape index (κ2) is 4.03. The molecule has 0 radical (unpaired) electrons. The monoisotopic (exact) mass is 227 g/mol. The molecule has 0 atom stereocenters. The predicted octanol–water partition coefficient (Wildman–Crippen LogP) is 1.22.